The van der Waals surface area contributed by atoms with Gasteiger partial charge in [-0.15, -0.1) is 0 Å². The van der Waals surface area contributed by atoms with E-state index < -0.39 is 0 Å². The highest BCUT2D eigenvalue weighted by Crippen LogP contribution is 2.08. The molecule has 0 radical (unpaired) electrons. The number of hydrogen-bond donors (Lipinski definition) is 1. The van der Waals surface area contributed by atoms with Gasteiger partial charge in [0.1, 0.15) is 11.0 Å². The van der Waals surface area contributed by atoms with Crippen molar-refractivity contribution >= 4 is 11.6 Å². The Labute approximate surface area is 95.6 Å². The molecule has 1 aromatic heterocycles. The molecule has 5 heteroatoms. The summed E-state index contributed by atoms with van der Waals surface area (Å²) in [6.45, 7) is 5.28. The number of rotatable bonds is 7. The Morgan fingerprint density at radius 2 is 2.40 bits per heavy atom. The second-order valence-electron chi connectivity index (χ2n) is 3.28. The van der Waals surface area contributed by atoms with Crippen LogP contribution in [0, 0.1) is 0 Å². The molecule has 0 aliphatic heterocycles. The van der Waals surface area contributed by atoms with Gasteiger partial charge in [0.15, 0.2) is 0 Å². The number of halogens is 1. The number of imidazole rings is 1. The molecule has 0 fully saturated rings. The second-order valence-corrected chi connectivity index (χ2v) is 3.67. The Morgan fingerprint density at radius 1 is 1.60 bits per heavy atom. The van der Waals surface area contributed by atoms with Crippen molar-refractivity contribution in [1.29, 1.82) is 0 Å². The molecule has 0 atom stereocenters. The maximum Gasteiger partial charge on any atom is 0.128 e. The minimum absolute atomic E-state index is 0.668. The van der Waals surface area contributed by atoms with Crippen LogP contribution in [-0.2, 0) is 18.3 Å². The van der Waals surface area contributed by atoms with Gasteiger partial charge in [0.2, 0.25) is 0 Å². The SMILES string of the molecule is CCOCCCNCc1ncc(Cl)n1C. The standard InChI is InChI=1S/C10H18ClN3O/c1-3-15-6-4-5-12-8-10-13-7-9(11)14(10)2/h7,12H,3-6,8H2,1-2H3. The molecular weight excluding hydrogens is 214 g/mol. The molecule has 0 bridgehead atoms. The summed E-state index contributed by atoms with van der Waals surface area (Å²) in [6, 6.07) is 0. The van der Waals surface area contributed by atoms with Crippen LogP contribution in [0.1, 0.15) is 19.2 Å². The molecule has 15 heavy (non-hydrogen) atoms. The summed E-state index contributed by atoms with van der Waals surface area (Å²) in [5.74, 6) is 0.955. The summed E-state index contributed by atoms with van der Waals surface area (Å²) < 4.78 is 7.10. The zero-order chi connectivity index (χ0) is 11.1. The third-order valence-corrected chi connectivity index (χ3v) is 2.51. The fourth-order valence-corrected chi connectivity index (χ4v) is 1.38. The first-order valence-corrected chi connectivity index (χ1v) is 5.58. The Hall–Kier alpha value is -0.580. The van der Waals surface area contributed by atoms with E-state index in [-0.39, 0.29) is 0 Å². The van der Waals surface area contributed by atoms with E-state index in [1.54, 1.807) is 6.20 Å². The van der Waals surface area contributed by atoms with Crippen LogP contribution in [0.25, 0.3) is 0 Å². The van der Waals surface area contributed by atoms with E-state index in [9.17, 15) is 0 Å². The van der Waals surface area contributed by atoms with Crippen molar-refractivity contribution in [2.45, 2.75) is 19.9 Å². The monoisotopic (exact) mass is 231 g/mol. The fraction of sp³-hybridized carbons (Fsp3) is 0.700. The lowest BCUT2D eigenvalue weighted by Gasteiger charge is -2.05. The molecule has 0 saturated carbocycles. The highest BCUT2D eigenvalue weighted by Gasteiger charge is 2.02. The van der Waals surface area contributed by atoms with Crippen molar-refractivity contribution in [2.24, 2.45) is 7.05 Å². The number of nitrogens with zero attached hydrogens (tertiary/aromatic N) is 2. The van der Waals surface area contributed by atoms with Gasteiger partial charge in [-0.2, -0.15) is 0 Å². The van der Waals surface area contributed by atoms with E-state index in [1.807, 2.05) is 18.5 Å². The molecule has 4 nitrogen and oxygen atoms in total. The summed E-state index contributed by atoms with van der Waals surface area (Å²) in [7, 11) is 1.91. The zero-order valence-electron chi connectivity index (χ0n) is 9.29. The van der Waals surface area contributed by atoms with Gasteiger partial charge in [-0.05, 0) is 19.9 Å². The van der Waals surface area contributed by atoms with Gasteiger partial charge < -0.3 is 14.6 Å². The maximum absolute atomic E-state index is 5.86. The number of aromatic nitrogens is 2. The van der Waals surface area contributed by atoms with Gasteiger partial charge in [-0.1, -0.05) is 11.6 Å². The summed E-state index contributed by atoms with van der Waals surface area (Å²) in [5.41, 5.74) is 0. The molecule has 0 saturated heterocycles. The average molecular weight is 232 g/mol. The molecule has 1 rings (SSSR count). The quantitative estimate of drug-likeness (QED) is 0.725. The molecule has 0 aromatic carbocycles. The molecule has 1 heterocycles. The van der Waals surface area contributed by atoms with Crippen LogP contribution in [-0.4, -0.2) is 29.3 Å². The minimum atomic E-state index is 0.668. The van der Waals surface area contributed by atoms with Crippen molar-refractivity contribution in [1.82, 2.24) is 14.9 Å². The molecule has 0 aliphatic carbocycles. The van der Waals surface area contributed by atoms with Crippen LogP contribution in [0.15, 0.2) is 6.20 Å². The predicted octanol–water partition coefficient (Wildman–Crippen LogP) is 1.59. The number of hydrogen-bond acceptors (Lipinski definition) is 3. The van der Waals surface area contributed by atoms with Gasteiger partial charge in [0, 0.05) is 20.3 Å². The molecule has 0 spiro atoms. The fourth-order valence-electron chi connectivity index (χ4n) is 1.23. The lowest BCUT2D eigenvalue weighted by molar-refractivity contribution is 0.144. The first-order chi connectivity index (χ1) is 7.25. The van der Waals surface area contributed by atoms with Crippen LogP contribution < -0.4 is 5.32 Å². The van der Waals surface area contributed by atoms with Crippen molar-refractivity contribution in [3.8, 4) is 0 Å². The van der Waals surface area contributed by atoms with E-state index in [1.165, 1.54) is 0 Å². The third kappa shape index (κ3) is 4.20. The van der Waals surface area contributed by atoms with Crippen LogP contribution in [0.5, 0.6) is 0 Å². The summed E-state index contributed by atoms with van der Waals surface area (Å²) in [6.07, 6.45) is 2.69. The summed E-state index contributed by atoms with van der Waals surface area (Å²) >= 11 is 5.86. The minimum Gasteiger partial charge on any atom is -0.382 e. The van der Waals surface area contributed by atoms with E-state index in [0.29, 0.717) is 5.15 Å². The van der Waals surface area contributed by atoms with Crippen LogP contribution >= 0.6 is 11.6 Å². The topological polar surface area (TPSA) is 39.1 Å². The Kier molecular flexibility index (Phi) is 5.68. The van der Waals surface area contributed by atoms with Crippen molar-refractivity contribution in [3.63, 3.8) is 0 Å². The van der Waals surface area contributed by atoms with Gasteiger partial charge in [-0.3, -0.25) is 0 Å². The highest BCUT2D eigenvalue weighted by molar-refractivity contribution is 6.29. The lowest BCUT2D eigenvalue weighted by atomic mass is 10.4. The normalized spacial score (nSPS) is 10.9. The number of nitrogens with one attached hydrogen (secondary N) is 1. The van der Waals surface area contributed by atoms with Crippen molar-refractivity contribution < 1.29 is 4.74 Å². The molecule has 1 N–H and O–H groups in total. The molecule has 0 unspecified atom stereocenters. The van der Waals surface area contributed by atoms with Crippen LogP contribution in [0.2, 0.25) is 5.15 Å². The van der Waals surface area contributed by atoms with Gasteiger partial charge in [-0.25, -0.2) is 4.98 Å². The molecular formula is C10H18ClN3O. The highest BCUT2D eigenvalue weighted by atomic mass is 35.5. The third-order valence-electron chi connectivity index (χ3n) is 2.16. The van der Waals surface area contributed by atoms with Gasteiger partial charge in [0.05, 0.1) is 12.7 Å². The van der Waals surface area contributed by atoms with E-state index in [0.717, 1.165) is 38.5 Å². The van der Waals surface area contributed by atoms with Crippen LogP contribution in [0.4, 0.5) is 0 Å². The summed E-state index contributed by atoms with van der Waals surface area (Å²) in [5, 5.41) is 3.96. The summed E-state index contributed by atoms with van der Waals surface area (Å²) in [4.78, 5) is 4.19. The van der Waals surface area contributed by atoms with E-state index in [4.69, 9.17) is 16.3 Å². The smallest absolute Gasteiger partial charge is 0.128 e. The van der Waals surface area contributed by atoms with Gasteiger partial charge in [0.25, 0.3) is 0 Å². The Balaban J connectivity index is 2.12. The largest absolute Gasteiger partial charge is 0.382 e. The molecule has 1 aromatic rings. The average Bonchev–Trinajstić information content (AvgIpc) is 2.54. The van der Waals surface area contributed by atoms with E-state index >= 15 is 0 Å². The zero-order valence-corrected chi connectivity index (χ0v) is 10.0. The van der Waals surface area contributed by atoms with Crippen molar-refractivity contribution in [3.05, 3.63) is 17.2 Å². The Bertz CT molecular complexity index is 288. The van der Waals surface area contributed by atoms with E-state index in [2.05, 4.69) is 10.3 Å². The first-order valence-electron chi connectivity index (χ1n) is 5.20. The second kappa shape index (κ2) is 6.82. The maximum atomic E-state index is 5.86. The molecule has 86 valence electrons. The molecule has 0 aliphatic rings. The number of ether oxygens (including phenoxy) is 1. The van der Waals surface area contributed by atoms with Crippen molar-refractivity contribution in [2.75, 3.05) is 19.8 Å². The van der Waals surface area contributed by atoms with Gasteiger partial charge >= 0.3 is 0 Å². The predicted molar refractivity (Wildman–Crippen MR) is 61.0 cm³/mol. The lowest BCUT2D eigenvalue weighted by Crippen LogP contribution is -2.18. The Morgan fingerprint density at radius 3 is 3.00 bits per heavy atom. The molecule has 0 amide bonds. The first kappa shape index (κ1) is 12.5. The van der Waals surface area contributed by atoms with Crippen LogP contribution in [0.3, 0.4) is 0 Å².